The summed E-state index contributed by atoms with van der Waals surface area (Å²) in [6.45, 7) is 3.18. The minimum Gasteiger partial charge on any atom is -0.330 e. The van der Waals surface area contributed by atoms with E-state index in [0.717, 1.165) is 30.5 Å². The van der Waals surface area contributed by atoms with Crippen molar-refractivity contribution in [2.45, 2.75) is 51.1 Å². The van der Waals surface area contributed by atoms with Crippen LogP contribution in [0, 0.1) is 11.8 Å². The van der Waals surface area contributed by atoms with Gasteiger partial charge in [-0.15, -0.1) is 0 Å². The number of rotatable bonds is 3. The van der Waals surface area contributed by atoms with Gasteiger partial charge in [0.05, 0.1) is 0 Å². The van der Waals surface area contributed by atoms with Crippen molar-refractivity contribution in [1.82, 2.24) is 4.90 Å². The second kappa shape index (κ2) is 4.19. The first-order chi connectivity index (χ1) is 6.76. The molecule has 0 amide bonds. The van der Waals surface area contributed by atoms with Crippen LogP contribution in [-0.4, -0.2) is 30.6 Å². The topological polar surface area (TPSA) is 29.3 Å². The van der Waals surface area contributed by atoms with Crippen LogP contribution in [0.1, 0.15) is 39.0 Å². The molecule has 0 saturated carbocycles. The minimum absolute atomic E-state index is 0.784. The fourth-order valence-corrected chi connectivity index (χ4v) is 3.53. The molecule has 3 atom stereocenters. The lowest BCUT2D eigenvalue weighted by atomic mass is 9.80. The maximum Gasteiger partial charge on any atom is 0.00984 e. The van der Waals surface area contributed by atoms with E-state index in [1.165, 1.54) is 32.1 Å². The first-order valence-corrected chi connectivity index (χ1v) is 6.18. The fraction of sp³-hybridized carbons (Fsp3) is 1.00. The summed E-state index contributed by atoms with van der Waals surface area (Å²) >= 11 is 0. The van der Waals surface area contributed by atoms with E-state index in [9.17, 15) is 0 Å². The standard InChI is InChI=1S/C12H24N2/c1-3-9(8-13)10-6-11-4-5-12(7-10)14(11)2/h9-12H,3-8,13H2,1-2H3. The number of nitrogens with zero attached hydrogens (tertiary/aromatic N) is 1. The summed E-state index contributed by atoms with van der Waals surface area (Å²) in [5.41, 5.74) is 5.85. The summed E-state index contributed by atoms with van der Waals surface area (Å²) in [4.78, 5) is 2.61. The summed E-state index contributed by atoms with van der Waals surface area (Å²) in [5, 5.41) is 0. The molecule has 2 rings (SSSR count). The predicted molar refractivity (Wildman–Crippen MR) is 60.1 cm³/mol. The molecule has 3 unspecified atom stereocenters. The Kier molecular flexibility index (Phi) is 3.13. The van der Waals surface area contributed by atoms with Gasteiger partial charge in [0.1, 0.15) is 0 Å². The van der Waals surface area contributed by atoms with E-state index in [-0.39, 0.29) is 0 Å². The third-order valence-electron chi connectivity index (χ3n) is 4.63. The Hall–Kier alpha value is -0.0800. The Labute approximate surface area is 87.8 Å². The number of hydrogen-bond donors (Lipinski definition) is 1. The monoisotopic (exact) mass is 196 g/mol. The molecule has 2 fully saturated rings. The molecule has 14 heavy (non-hydrogen) atoms. The molecular formula is C12H24N2. The highest BCUT2D eigenvalue weighted by atomic mass is 15.2. The van der Waals surface area contributed by atoms with Crippen LogP contribution < -0.4 is 5.73 Å². The Balaban J connectivity index is 1.98. The Morgan fingerprint density at radius 2 is 1.86 bits per heavy atom. The smallest absolute Gasteiger partial charge is 0.00984 e. The number of piperidine rings is 1. The van der Waals surface area contributed by atoms with Gasteiger partial charge in [-0.05, 0) is 51.1 Å². The Morgan fingerprint density at radius 1 is 1.29 bits per heavy atom. The van der Waals surface area contributed by atoms with Crippen LogP contribution in [0.15, 0.2) is 0 Å². The molecule has 0 aliphatic carbocycles. The molecule has 2 heterocycles. The van der Waals surface area contributed by atoms with Crippen molar-refractivity contribution in [2.75, 3.05) is 13.6 Å². The van der Waals surface area contributed by atoms with E-state index >= 15 is 0 Å². The number of hydrogen-bond acceptors (Lipinski definition) is 2. The van der Waals surface area contributed by atoms with Crippen molar-refractivity contribution >= 4 is 0 Å². The molecule has 2 heteroatoms. The maximum absolute atomic E-state index is 5.85. The molecular weight excluding hydrogens is 172 g/mol. The van der Waals surface area contributed by atoms with Gasteiger partial charge in [0.15, 0.2) is 0 Å². The average Bonchev–Trinajstić information content (AvgIpc) is 2.42. The molecule has 2 aliphatic rings. The maximum atomic E-state index is 5.85. The summed E-state index contributed by atoms with van der Waals surface area (Å²) in [5.74, 6) is 1.70. The van der Waals surface area contributed by atoms with Crippen LogP contribution in [-0.2, 0) is 0 Å². The molecule has 2 N–H and O–H groups in total. The minimum atomic E-state index is 0.784. The van der Waals surface area contributed by atoms with E-state index in [1.54, 1.807) is 0 Å². The third kappa shape index (κ3) is 1.70. The van der Waals surface area contributed by atoms with Crippen LogP contribution in [0.3, 0.4) is 0 Å². The summed E-state index contributed by atoms with van der Waals surface area (Å²) in [6, 6.07) is 1.75. The Morgan fingerprint density at radius 3 is 2.29 bits per heavy atom. The second-order valence-corrected chi connectivity index (χ2v) is 5.19. The molecule has 0 aromatic rings. The highest BCUT2D eigenvalue weighted by Crippen LogP contribution is 2.40. The van der Waals surface area contributed by atoms with Crippen LogP contribution >= 0.6 is 0 Å². The van der Waals surface area contributed by atoms with Gasteiger partial charge in [0.25, 0.3) is 0 Å². The highest BCUT2D eigenvalue weighted by molar-refractivity contribution is 4.94. The molecule has 0 aromatic heterocycles. The lowest BCUT2D eigenvalue weighted by Gasteiger charge is -2.39. The lowest BCUT2D eigenvalue weighted by molar-refractivity contribution is 0.102. The lowest BCUT2D eigenvalue weighted by Crippen LogP contribution is -2.42. The molecule has 2 aliphatic heterocycles. The van der Waals surface area contributed by atoms with Gasteiger partial charge in [0, 0.05) is 12.1 Å². The van der Waals surface area contributed by atoms with E-state index in [1.807, 2.05) is 0 Å². The highest BCUT2D eigenvalue weighted by Gasteiger charge is 2.40. The zero-order valence-corrected chi connectivity index (χ0v) is 9.58. The van der Waals surface area contributed by atoms with E-state index in [0.29, 0.717) is 0 Å². The molecule has 2 saturated heterocycles. The molecule has 0 radical (unpaired) electrons. The van der Waals surface area contributed by atoms with Crippen molar-refractivity contribution in [3.8, 4) is 0 Å². The largest absolute Gasteiger partial charge is 0.330 e. The van der Waals surface area contributed by atoms with Gasteiger partial charge in [-0.1, -0.05) is 13.3 Å². The van der Waals surface area contributed by atoms with Gasteiger partial charge >= 0.3 is 0 Å². The Bertz CT molecular complexity index is 175. The summed E-state index contributed by atoms with van der Waals surface area (Å²) in [6.07, 6.45) is 6.94. The van der Waals surface area contributed by atoms with Crippen LogP contribution in [0.4, 0.5) is 0 Å². The van der Waals surface area contributed by atoms with Crippen LogP contribution in [0.5, 0.6) is 0 Å². The molecule has 0 spiro atoms. The van der Waals surface area contributed by atoms with E-state index in [2.05, 4.69) is 18.9 Å². The van der Waals surface area contributed by atoms with Crippen molar-refractivity contribution < 1.29 is 0 Å². The first kappa shape index (κ1) is 10.4. The SMILES string of the molecule is CCC(CN)C1CC2CCC(C1)N2C. The molecule has 2 nitrogen and oxygen atoms in total. The third-order valence-corrected chi connectivity index (χ3v) is 4.63. The quantitative estimate of drug-likeness (QED) is 0.746. The van der Waals surface area contributed by atoms with Crippen molar-refractivity contribution in [1.29, 1.82) is 0 Å². The van der Waals surface area contributed by atoms with Gasteiger partial charge in [-0.2, -0.15) is 0 Å². The average molecular weight is 196 g/mol. The predicted octanol–water partition coefficient (Wildman–Crippen LogP) is 1.84. The van der Waals surface area contributed by atoms with Crippen LogP contribution in [0.25, 0.3) is 0 Å². The van der Waals surface area contributed by atoms with Crippen molar-refractivity contribution in [2.24, 2.45) is 17.6 Å². The summed E-state index contributed by atoms with van der Waals surface area (Å²) in [7, 11) is 2.31. The van der Waals surface area contributed by atoms with Gasteiger partial charge in [-0.3, -0.25) is 0 Å². The van der Waals surface area contributed by atoms with Gasteiger partial charge < -0.3 is 10.6 Å². The summed E-state index contributed by atoms with van der Waals surface area (Å²) < 4.78 is 0. The number of nitrogens with two attached hydrogens (primary N) is 1. The molecule has 2 bridgehead atoms. The van der Waals surface area contributed by atoms with Crippen molar-refractivity contribution in [3.63, 3.8) is 0 Å². The van der Waals surface area contributed by atoms with Crippen LogP contribution in [0.2, 0.25) is 0 Å². The van der Waals surface area contributed by atoms with Crippen molar-refractivity contribution in [3.05, 3.63) is 0 Å². The zero-order valence-electron chi connectivity index (χ0n) is 9.58. The molecule has 82 valence electrons. The second-order valence-electron chi connectivity index (χ2n) is 5.19. The van der Waals surface area contributed by atoms with Gasteiger partial charge in [-0.25, -0.2) is 0 Å². The van der Waals surface area contributed by atoms with Gasteiger partial charge in [0.2, 0.25) is 0 Å². The first-order valence-electron chi connectivity index (χ1n) is 6.18. The van der Waals surface area contributed by atoms with E-state index < -0.39 is 0 Å². The molecule has 0 aromatic carbocycles. The number of fused-ring (bicyclic) bond motifs is 2. The fourth-order valence-electron chi connectivity index (χ4n) is 3.53. The normalized spacial score (nSPS) is 40.1. The van der Waals surface area contributed by atoms with E-state index in [4.69, 9.17) is 5.73 Å². The zero-order chi connectivity index (χ0) is 10.1.